The Morgan fingerprint density at radius 1 is 1.22 bits per heavy atom. The zero-order valence-electron chi connectivity index (χ0n) is 12.1. The predicted molar refractivity (Wildman–Crippen MR) is 79.6 cm³/mol. The molecule has 0 saturated heterocycles. The minimum atomic E-state index is -0.749. The largest absolute Gasteiger partial charge is 0.465 e. The first-order valence-corrected chi connectivity index (χ1v) is 6.97. The number of carbonyl (C=O) groups is 2. The van der Waals surface area contributed by atoms with Gasteiger partial charge in [0.05, 0.1) is 24.6 Å². The molecule has 0 amide bonds. The summed E-state index contributed by atoms with van der Waals surface area (Å²) in [6, 6.07) is 6.89. The number of nitrogens with zero attached hydrogens (tertiary/aromatic N) is 1. The molecule has 2 aromatic heterocycles. The number of methoxy groups -OCH3 is 1. The van der Waals surface area contributed by atoms with Gasteiger partial charge >= 0.3 is 17.6 Å². The van der Waals surface area contributed by atoms with Crippen molar-refractivity contribution in [3.8, 4) is 0 Å². The zero-order chi connectivity index (χ0) is 16.1. The number of ether oxygens (including phenoxy) is 2. The molecule has 3 aromatic rings. The van der Waals surface area contributed by atoms with Gasteiger partial charge in [0.1, 0.15) is 17.9 Å². The molecule has 1 aliphatic rings. The molecule has 0 unspecified atom stereocenters. The van der Waals surface area contributed by atoms with Gasteiger partial charge < -0.3 is 18.5 Å². The molecule has 0 radical (unpaired) electrons. The standard InChI is InChI=1S/C16H11NO6/c1-21-15(19)10-12-16(20)22-7-6-17(12)11-8-4-2-3-5-9(8)14(18)23-13(10)11/h2-5H,6-7H2,1H3. The van der Waals surface area contributed by atoms with Crippen molar-refractivity contribution in [2.45, 2.75) is 6.54 Å². The minimum Gasteiger partial charge on any atom is -0.465 e. The second-order valence-electron chi connectivity index (χ2n) is 5.12. The highest BCUT2D eigenvalue weighted by Gasteiger charge is 2.34. The second-order valence-corrected chi connectivity index (χ2v) is 5.12. The number of hydrogen-bond donors (Lipinski definition) is 0. The summed E-state index contributed by atoms with van der Waals surface area (Å²) in [6.45, 7) is 0.552. The van der Waals surface area contributed by atoms with Crippen LogP contribution >= 0.6 is 0 Å². The Hall–Kier alpha value is -3.09. The first-order valence-electron chi connectivity index (χ1n) is 6.97. The Morgan fingerprint density at radius 3 is 2.70 bits per heavy atom. The lowest BCUT2D eigenvalue weighted by Gasteiger charge is -2.16. The molecule has 0 aliphatic carbocycles. The fourth-order valence-corrected chi connectivity index (χ4v) is 3.00. The summed E-state index contributed by atoms with van der Waals surface area (Å²) in [5, 5.41) is 1.00. The molecule has 1 aliphatic heterocycles. The molecule has 3 heterocycles. The predicted octanol–water partition coefficient (Wildman–Crippen LogP) is 1.70. The summed E-state index contributed by atoms with van der Waals surface area (Å²) < 4.78 is 16.8. The van der Waals surface area contributed by atoms with Gasteiger partial charge in [0.2, 0.25) is 0 Å². The summed E-state index contributed by atoms with van der Waals surface area (Å²) in [6.07, 6.45) is 0. The SMILES string of the molecule is COC(=O)c1c2n(c3c1oc(=O)c1ccccc13)CCOC2=O. The molecule has 0 bridgehead atoms. The van der Waals surface area contributed by atoms with E-state index in [9.17, 15) is 14.4 Å². The van der Waals surface area contributed by atoms with Crippen molar-refractivity contribution in [3.05, 3.63) is 45.9 Å². The number of hydrogen-bond acceptors (Lipinski definition) is 6. The molecule has 1 aromatic carbocycles. The van der Waals surface area contributed by atoms with Crippen LogP contribution in [-0.2, 0) is 16.0 Å². The molecular weight excluding hydrogens is 302 g/mol. The Morgan fingerprint density at radius 2 is 1.96 bits per heavy atom. The van der Waals surface area contributed by atoms with Crippen LogP contribution < -0.4 is 5.63 Å². The van der Waals surface area contributed by atoms with Crippen LogP contribution in [0.15, 0.2) is 33.5 Å². The summed E-state index contributed by atoms with van der Waals surface area (Å²) in [5.74, 6) is -1.39. The Balaban J connectivity index is 2.29. The number of cyclic esters (lactones) is 1. The van der Waals surface area contributed by atoms with E-state index in [1.165, 1.54) is 7.11 Å². The van der Waals surface area contributed by atoms with Gasteiger partial charge in [-0.15, -0.1) is 0 Å². The monoisotopic (exact) mass is 313 g/mol. The van der Waals surface area contributed by atoms with Gasteiger partial charge in [-0.3, -0.25) is 0 Å². The molecule has 7 nitrogen and oxygen atoms in total. The number of rotatable bonds is 1. The van der Waals surface area contributed by atoms with Gasteiger partial charge in [0.25, 0.3) is 0 Å². The van der Waals surface area contributed by atoms with Gasteiger partial charge in [-0.2, -0.15) is 0 Å². The maximum Gasteiger partial charge on any atom is 0.356 e. The van der Waals surface area contributed by atoms with E-state index < -0.39 is 17.6 Å². The van der Waals surface area contributed by atoms with Gasteiger partial charge in [-0.05, 0) is 6.07 Å². The highest BCUT2D eigenvalue weighted by Crippen LogP contribution is 2.33. The third-order valence-corrected chi connectivity index (χ3v) is 3.95. The molecule has 0 atom stereocenters. The van der Waals surface area contributed by atoms with Crippen LogP contribution in [0.3, 0.4) is 0 Å². The van der Waals surface area contributed by atoms with E-state index in [2.05, 4.69) is 0 Å². The Kier molecular flexibility index (Phi) is 2.77. The normalized spacial score (nSPS) is 13.9. The zero-order valence-corrected chi connectivity index (χ0v) is 12.1. The maximum absolute atomic E-state index is 12.2. The maximum atomic E-state index is 12.2. The van der Waals surface area contributed by atoms with Gasteiger partial charge in [0, 0.05) is 5.39 Å². The van der Waals surface area contributed by atoms with Crippen molar-refractivity contribution in [3.63, 3.8) is 0 Å². The van der Waals surface area contributed by atoms with Crippen LogP contribution in [-0.4, -0.2) is 30.2 Å². The molecule has 0 saturated carbocycles. The number of aromatic nitrogens is 1. The smallest absolute Gasteiger partial charge is 0.356 e. The first-order chi connectivity index (χ1) is 11.1. The minimum absolute atomic E-state index is 0.0504. The third-order valence-electron chi connectivity index (χ3n) is 3.95. The van der Waals surface area contributed by atoms with Gasteiger partial charge in [0.15, 0.2) is 5.58 Å². The van der Waals surface area contributed by atoms with Crippen molar-refractivity contribution in [2.75, 3.05) is 13.7 Å². The summed E-state index contributed by atoms with van der Waals surface area (Å²) >= 11 is 0. The quantitative estimate of drug-likeness (QED) is 0.635. The lowest BCUT2D eigenvalue weighted by Crippen LogP contribution is -2.24. The Bertz CT molecular complexity index is 1040. The first kappa shape index (κ1) is 13.6. The summed E-state index contributed by atoms with van der Waals surface area (Å²) in [7, 11) is 1.20. The van der Waals surface area contributed by atoms with E-state index >= 15 is 0 Å². The summed E-state index contributed by atoms with van der Waals surface area (Å²) in [5.41, 5.74) is -0.0242. The van der Waals surface area contributed by atoms with Crippen molar-refractivity contribution in [2.24, 2.45) is 0 Å². The number of fused-ring (bicyclic) bond motifs is 5. The van der Waals surface area contributed by atoms with E-state index in [0.717, 1.165) is 0 Å². The molecule has 7 heteroatoms. The molecule has 0 N–H and O–H groups in total. The van der Waals surface area contributed by atoms with E-state index in [0.29, 0.717) is 22.8 Å². The molecular formula is C16H11NO6. The van der Waals surface area contributed by atoms with Crippen LogP contribution in [0.4, 0.5) is 0 Å². The average molecular weight is 313 g/mol. The highest BCUT2D eigenvalue weighted by atomic mass is 16.5. The molecule has 23 heavy (non-hydrogen) atoms. The van der Waals surface area contributed by atoms with Crippen LogP contribution in [0.5, 0.6) is 0 Å². The van der Waals surface area contributed by atoms with Crippen molar-refractivity contribution in [1.82, 2.24) is 4.57 Å². The third kappa shape index (κ3) is 1.73. The second kappa shape index (κ2) is 4.70. The average Bonchev–Trinajstić information content (AvgIpc) is 2.90. The number of carbonyl (C=O) groups excluding carboxylic acids is 2. The van der Waals surface area contributed by atoms with E-state index in [4.69, 9.17) is 13.9 Å². The van der Waals surface area contributed by atoms with Crippen LogP contribution in [0.2, 0.25) is 0 Å². The summed E-state index contributed by atoms with van der Waals surface area (Å²) in [4.78, 5) is 36.5. The number of benzene rings is 1. The van der Waals surface area contributed by atoms with Crippen LogP contribution in [0, 0.1) is 0 Å². The van der Waals surface area contributed by atoms with Crippen molar-refractivity contribution in [1.29, 1.82) is 0 Å². The fraction of sp³-hybridized carbons (Fsp3) is 0.188. The van der Waals surface area contributed by atoms with Gasteiger partial charge in [-0.25, -0.2) is 14.4 Å². The topological polar surface area (TPSA) is 87.7 Å². The van der Waals surface area contributed by atoms with E-state index in [1.54, 1.807) is 28.8 Å². The molecule has 0 spiro atoms. The molecule has 4 rings (SSSR count). The number of esters is 2. The van der Waals surface area contributed by atoms with Crippen LogP contribution in [0.25, 0.3) is 21.9 Å². The van der Waals surface area contributed by atoms with Crippen LogP contribution in [0.1, 0.15) is 20.8 Å². The van der Waals surface area contributed by atoms with E-state index in [-0.39, 0.29) is 23.4 Å². The Labute approximate surface area is 129 Å². The van der Waals surface area contributed by atoms with Crippen molar-refractivity contribution < 1.29 is 23.5 Å². The van der Waals surface area contributed by atoms with E-state index in [1.807, 2.05) is 0 Å². The van der Waals surface area contributed by atoms with Gasteiger partial charge in [-0.1, -0.05) is 18.2 Å². The molecule has 0 fully saturated rings. The lowest BCUT2D eigenvalue weighted by molar-refractivity contribution is 0.0411. The van der Waals surface area contributed by atoms with Crippen molar-refractivity contribution >= 4 is 33.8 Å². The fourth-order valence-electron chi connectivity index (χ4n) is 3.00. The highest BCUT2D eigenvalue weighted by molar-refractivity contribution is 6.16. The molecule has 116 valence electrons. The lowest BCUT2D eigenvalue weighted by atomic mass is 10.1.